The number of carbonyl (C=O) groups excluding carboxylic acids is 1. The molecule has 2 heterocycles. The molecule has 0 saturated heterocycles. The van der Waals surface area contributed by atoms with Gasteiger partial charge in [-0.1, -0.05) is 31.0 Å². The number of nitriles is 1. The van der Waals surface area contributed by atoms with Crippen molar-refractivity contribution in [2.75, 3.05) is 12.8 Å². The summed E-state index contributed by atoms with van der Waals surface area (Å²) in [5, 5.41) is 19.2. The summed E-state index contributed by atoms with van der Waals surface area (Å²) in [7, 11) is 1.76. The Balaban J connectivity index is 1.45. The fraction of sp³-hybridized carbons (Fsp3) is 0.600. The Morgan fingerprint density at radius 2 is 2.18 bits per heavy atom. The molecular formula is C20H25N5O2S. The normalized spacial score (nSPS) is 18.6. The Morgan fingerprint density at radius 3 is 2.82 bits per heavy atom. The van der Waals surface area contributed by atoms with Crippen LogP contribution in [-0.2, 0) is 11.3 Å². The van der Waals surface area contributed by atoms with Crippen LogP contribution in [0.4, 0.5) is 0 Å². The van der Waals surface area contributed by atoms with Gasteiger partial charge in [-0.25, -0.2) is 0 Å². The molecule has 2 aliphatic carbocycles. The largest absolute Gasteiger partial charge is 0.467 e. The van der Waals surface area contributed by atoms with E-state index in [4.69, 9.17) is 4.42 Å². The van der Waals surface area contributed by atoms with E-state index in [1.165, 1.54) is 11.8 Å². The van der Waals surface area contributed by atoms with E-state index in [2.05, 4.69) is 20.8 Å². The van der Waals surface area contributed by atoms with Crippen molar-refractivity contribution in [1.82, 2.24) is 19.7 Å². The van der Waals surface area contributed by atoms with Crippen LogP contribution >= 0.6 is 11.8 Å². The average Bonchev–Trinajstić information content (AvgIpc) is 3.29. The molecule has 0 aliphatic heterocycles. The van der Waals surface area contributed by atoms with Crippen LogP contribution < -0.4 is 0 Å². The second kappa shape index (κ2) is 8.00. The van der Waals surface area contributed by atoms with E-state index in [-0.39, 0.29) is 11.7 Å². The highest BCUT2D eigenvalue weighted by Crippen LogP contribution is 2.40. The molecule has 2 fully saturated rings. The lowest BCUT2D eigenvalue weighted by molar-refractivity contribution is -0.131. The maximum Gasteiger partial charge on any atom is 0.234 e. The fourth-order valence-electron chi connectivity index (χ4n) is 3.88. The van der Waals surface area contributed by atoms with Gasteiger partial charge in [-0.2, -0.15) is 5.26 Å². The lowest BCUT2D eigenvalue weighted by Crippen LogP contribution is -2.50. The molecule has 0 N–H and O–H groups in total. The molecule has 1 amide bonds. The van der Waals surface area contributed by atoms with Crippen LogP contribution in [0, 0.1) is 11.3 Å². The molecule has 7 nitrogen and oxygen atoms in total. The van der Waals surface area contributed by atoms with Gasteiger partial charge in [-0.05, 0) is 37.8 Å². The van der Waals surface area contributed by atoms with Crippen molar-refractivity contribution >= 4 is 17.7 Å². The standard InChI is InChI=1S/C20H25N5O2S/c1-24(20(14-21)9-3-2-4-10-20)17(26)13-28-19-23-22-18(15-7-8-15)25(19)12-16-6-5-11-27-16/h5-6,11,15H,2-4,7-10,12-13H2,1H3. The van der Waals surface area contributed by atoms with Crippen molar-refractivity contribution in [3.05, 3.63) is 30.0 Å². The zero-order chi connectivity index (χ0) is 19.6. The molecule has 0 radical (unpaired) electrons. The van der Waals surface area contributed by atoms with Crippen molar-refractivity contribution in [2.45, 2.75) is 68.1 Å². The van der Waals surface area contributed by atoms with Gasteiger partial charge in [0, 0.05) is 13.0 Å². The number of carbonyl (C=O) groups is 1. The topological polar surface area (TPSA) is 87.9 Å². The molecule has 8 heteroatoms. The zero-order valence-electron chi connectivity index (χ0n) is 16.1. The Kier molecular flexibility index (Phi) is 5.44. The predicted molar refractivity (Wildman–Crippen MR) is 105 cm³/mol. The third-order valence-corrected chi connectivity index (χ3v) is 6.76. The van der Waals surface area contributed by atoms with Crippen molar-refractivity contribution in [1.29, 1.82) is 5.26 Å². The molecule has 0 unspecified atom stereocenters. The predicted octanol–water partition coefficient (Wildman–Crippen LogP) is 3.57. The molecule has 4 rings (SSSR count). The first-order valence-electron chi connectivity index (χ1n) is 9.89. The molecular weight excluding hydrogens is 374 g/mol. The van der Waals surface area contributed by atoms with Gasteiger partial charge in [-0.3, -0.25) is 9.36 Å². The van der Waals surface area contributed by atoms with Crippen LogP contribution in [0.15, 0.2) is 28.0 Å². The summed E-state index contributed by atoms with van der Waals surface area (Å²) in [6.45, 7) is 0.570. The highest BCUT2D eigenvalue weighted by atomic mass is 32.2. The zero-order valence-corrected chi connectivity index (χ0v) is 17.0. The van der Waals surface area contributed by atoms with E-state index < -0.39 is 5.54 Å². The van der Waals surface area contributed by atoms with Crippen LogP contribution in [0.5, 0.6) is 0 Å². The second-order valence-corrected chi connectivity index (χ2v) is 8.67. The first kappa shape index (κ1) is 19.1. The number of thioether (sulfide) groups is 1. The number of hydrogen-bond donors (Lipinski definition) is 0. The molecule has 2 aromatic heterocycles. The number of amides is 1. The van der Waals surface area contributed by atoms with E-state index in [9.17, 15) is 10.1 Å². The maximum absolute atomic E-state index is 12.8. The molecule has 0 aromatic carbocycles. The van der Waals surface area contributed by atoms with Crippen LogP contribution in [0.3, 0.4) is 0 Å². The number of rotatable bonds is 7. The first-order valence-corrected chi connectivity index (χ1v) is 10.9. The van der Waals surface area contributed by atoms with Crippen LogP contribution in [0.1, 0.15) is 62.4 Å². The van der Waals surface area contributed by atoms with Crippen molar-refractivity contribution in [3.8, 4) is 6.07 Å². The molecule has 0 bridgehead atoms. The molecule has 2 aliphatic rings. The van der Waals surface area contributed by atoms with E-state index in [1.54, 1.807) is 18.2 Å². The smallest absolute Gasteiger partial charge is 0.234 e. The van der Waals surface area contributed by atoms with Gasteiger partial charge in [0.15, 0.2) is 5.16 Å². The quantitative estimate of drug-likeness (QED) is 0.661. The first-order chi connectivity index (χ1) is 13.6. The number of aromatic nitrogens is 3. The van der Waals surface area contributed by atoms with Crippen LogP contribution in [-0.4, -0.2) is 43.9 Å². The summed E-state index contributed by atoms with van der Waals surface area (Å²) < 4.78 is 7.56. The Morgan fingerprint density at radius 1 is 1.39 bits per heavy atom. The minimum Gasteiger partial charge on any atom is -0.467 e. The molecule has 0 atom stereocenters. The number of hydrogen-bond acceptors (Lipinski definition) is 6. The Labute approximate surface area is 169 Å². The summed E-state index contributed by atoms with van der Waals surface area (Å²) in [6, 6.07) is 6.22. The van der Waals surface area contributed by atoms with Crippen molar-refractivity contribution in [2.24, 2.45) is 0 Å². The van der Waals surface area contributed by atoms with E-state index in [0.717, 1.165) is 61.7 Å². The van der Waals surface area contributed by atoms with Crippen LogP contribution in [0.2, 0.25) is 0 Å². The van der Waals surface area contributed by atoms with Gasteiger partial charge < -0.3 is 9.32 Å². The monoisotopic (exact) mass is 399 g/mol. The summed E-state index contributed by atoms with van der Waals surface area (Å²) in [5.74, 6) is 2.49. The molecule has 28 heavy (non-hydrogen) atoms. The summed E-state index contributed by atoms with van der Waals surface area (Å²) in [6.07, 6.45) is 8.59. The lowest BCUT2D eigenvalue weighted by atomic mass is 9.81. The SMILES string of the molecule is CN(C(=O)CSc1nnc(C2CC2)n1Cc1ccco1)C1(C#N)CCCCC1. The second-order valence-electron chi connectivity index (χ2n) is 7.73. The van der Waals surface area contributed by atoms with Gasteiger partial charge in [0.05, 0.1) is 24.6 Å². The number of furan rings is 1. The average molecular weight is 400 g/mol. The molecule has 2 saturated carbocycles. The molecule has 2 aromatic rings. The maximum atomic E-state index is 12.8. The third kappa shape index (κ3) is 3.81. The van der Waals surface area contributed by atoms with Gasteiger partial charge in [0.1, 0.15) is 17.1 Å². The molecule has 148 valence electrons. The van der Waals surface area contributed by atoms with Gasteiger partial charge in [-0.15, -0.1) is 10.2 Å². The van der Waals surface area contributed by atoms with Gasteiger partial charge in [0.2, 0.25) is 5.91 Å². The van der Waals surface area contributed by atoms with Crippen LogP contribution in [0.25, 0.3) is 0 Å². The Hall–Kier alpha value is -2.27. The van der Waals surface area contributed by atoms with E-state index in [0.29, 0.717) is 12.5 Å². The van der Waals surface area contributed by atoms with Crippen molar-refractivity contribution < 1.29 is 9.21 Å². The summed E-state index contributed by atoms with van der Waals surface area (Å²) in [4.78, 5) is 14.5. The van der Waals surface area contributed by atoms with E-state index in [1.807, 2.05) is 12.1 Å². The van der Waals surface area contributed by atoms with E-state index >= 15 is 0 Å². The van der Waals surface area contributed by atoms with Gasteiger partial charge >= 0.3 is 0 Å². The fourth-order valence-corrected chi connectivity index (χ4v) is 4.74. The summed E-state index contributed by atoms with van der Waals surface area (Å²) >= 11 is 1.39. The van der Waals surface area contributed by atoms with Gasteiger partial charge in [0.25, 0.3) is 0 Å². The minimum atomic E-state index is -0.656. The molecule has 0 spiro atoms. The number of nitrogens with zero attached hydrogens (tertiary/aromatic N) is 5. The Bertz CT molecular complexity index is 860. The lowest BCUT2D eigenvalue weighted by Gasteiger charge is -2.39. The highest BCUT2D eigenvalue weighted by Gasteiger charge is 2.39. The summed E-state index contributed by atoms with van der Waals surface area (Å²) in [5.41, 5.74) is -0.656. The third-order valence-electron chi connectivity index (χ3n) is 5.81. The highest BCUT2D eigenvalue weighted by molar-refractivity contribution is 7.99. The minimum absolute atomic E-state index is 0.0334. The van der Waals surface area contributed by atoms with Crippen molar-refractivity contribution in [3.63, 3.8) is 0 Å².